The molecule has 0 radical (unpaired) electrons. The second kappa shape index (κ2) is 5.50. The molecule has 4 nitrogen and oxygen atoms in total. The third-order valence-corrected chi connectivity index (χ3v) is 3.52. The highest BCUT2D eigenvalue weighted by atomic mass is 16.5. The maximum Gasteiger partial charge on any atom is 0.337 e. The van der Waals surface area contributed by atoms with Crippen LogP contribution < -0.4 is 0 Å². The van der Waals surface area contributed by atoms with Gasteiger partial charge < -0.3 is 14.9 Å². The molecule has 98 valence electrons. The highest BCUT2D eigenvalue weighted by Crippen LogP contribution is 2.33. The first-order chi connectivity index (χ1) is 8.63. The van der Waals surface area contributed by atoms with Gasteiger partial charge in [0.1, 0.15) is 0 Å². The molecule has 0 heterocycles. The largest absolute Gasteiger partial charge is 0.465 e. The first kappa shape index (κ1) is 13.1. The van der Waals surface area contributed by atoms with Crippen LogP contribution in [0, 0.1) is 0 Å². The van der Waals surface area contributed by atoms with Crippen molar-refractivity contribution < 1.29 is 19.7 Å². The molecule has 1 aliphatic carbocycles. The van der Waals surface area contributed by atoms with E-state index >= 15 is 0 Å². The molecule has 18 heavy (non-hydrogen) atoms. The van der Waals surface area contributed by atoms with Crippen molar-refractivity contribution in [1.29, 1.82) is 0 Å². The summed E-state index contributed by atoms with van der Waals surface area (Å²) in [5.74, 6) is -0.722. The van der Waals surface area contributed by atoms with Gasteiger partial charge in [0.15, 0.2) is 0 Å². The predicted octanol–water partition coefficient (Wildman–Crippen LogP) is 1.46. The molecule has 1 aliphatic rings. The second-order valence-electron chi connectivity index (χ2n) is 4.71. The molecule has 1 aromatic rings. The van der Waals surface area contributed by atoms with E-state index in [9.17, 15) is 15.0 Å². The Bertz CT molecular complexity index is 420. The van der Waals surface area contributed by atoms with Gasteiger partial charge in [-0.25, -0.2) is 4.79 Å². The summed E-state index contributed by atoms with van der Waals surface area (Å²) >= 11 is 0. The van der Waals surface area contributed by atoms with Crippen LogP contribution in [0.4, 0.5) is 0 Å². The average molecular weight is 250 g/mol. The summed E-state index contributed by atoms with van der Waals surface area (Å²) in [6, 6.07) is 6.93. The molecule has 1 aromatic carbocycles. The number of carbonyl (C=O) groups excluding carboxylic acids is 1. The van der Waals surface area contributed by atoms with Crippen molar-refractivity contribution in [3.05, 3.63) is 35.4 Å². The zero-order chi connectivity index (χ0) is 13.1. The molecular weight excluding hydrogens is 232 g/mol. The van der Waals surface area contributed by atoms with Crippen LogP contribution >= 0.6 is 0 Å². The molecule has 0 spiro atoms. The van der Waals surface area contributed by atoms with Crippen molar-refractivity contribution in [2.45, 2.75) is 37.4 Å². The molecule has 1 saturated carbocycles. The Morgan fingerprint density at radius 2 is 1.94 bits per heavy atom. The molecule has 1 fully saturated rings. The summed E-state index contributed by atoms with van der Waals surface area (Å²) < 4.78 is 4.67. The van der Waals surface area contributed by atoms with Crippen molar-refractivity contribution in [2.75, 3.05) is 7.11 Å². The molecule has 0 aliphatic heterocycles. The Hall–Kier alpha value is -1.39. The van der Waals surface area contributed by atoms with Gasteiger partial charge in [-0.3, -0.25) is 0 Å². The molecule has 2 atom stereocenters. The summed E-state index contributed by atoms with van der Waals surface area (Å²) in [7, 11) is 1.33. The van der Waals surface area contributed by atoms with Gasteiger partial charge in [0, 0.05) is 5.92 Å². The maximum atomic E-state index is 11.5. The molecule has 0 amide bonds. The van der Waals surface area contributed by atoms with Gasteiger partial charge in [-0.15, -0.1) is 0 Å². The fourth-order valence-corrected chi connectivity index (χ4v) is 2.59. The van der Waals surface area contributed by atoms with E-state index in [0.717, 1.165) is 12.0 Å². The van der Waals surface area contributed by atoms with Gasteiger partial charge in [-0.05, 0) is 37.0 Å². The molecule has 4 heteroatoms. The van der Waals surface area contributed by atoms with Crippen LogP contribution in [0.25, 0.3) is 0 Å². The number of ether oxygens (including phenoxy) is 1. The number of rotatable bonds is 2. The molecular formula is C14H18O4. The van der Waals surface area contributed by atoms with Crippen LogP contribution in [-0.2, 0) is 4.74 Å². The van der Waals surface area contributed by atoms with E-state index in [2.05, 4.69) is 4.74 Å². The minimum Gasteiger partial charge on any atom is -0.465 e. The summed E-state index contributed by atoms with van der Waals surface area (Å²) in [6.07, 6.45) is 1.09. The van der Waals surface area contributed by atoms with Crippen LogP contribution in [-0.4, -0.2) is 35.5 Å². The van der Waals surface area contributed by atoms with E-state index in [-0.39, 0.29) is 5.92 Å². The van der Waals surface area contributed by atoms with Crippen LogP contribution in [0.15, 0.2) is 24.3 Å². The van der Waals surface area contributed by atoms with Crippen LogP contribution in [0.3, 0.4) is 0 Å². The van der Waals surface area contributed by atoms with Crippen molar-refractivity contribution >= 4 is 5.97 Å². The van der Waals surface area contributed by atoms with E-state index in [1.54, 1.807) is 18.2 Å². The SMILES string of the molecule is COC(=O)c1cccc(C2C(O)CCCC2O)c1. The van der Waals surface area contributed by atoms with Crippen molar-refractivity contribution in [3.8, 4) is 0 Å². The molecule has 0 saturated heterocycles. The zero-order valence-electron chi connectivity index (χ0n) is 10.4. The summed E-state index contributed by atoms with van der Waals surface area (Å²) in [4.78, 5) is 11.5. The van der Waals surface area contributed by atoms with Crippen molar-refractivity contribution in [3.63, 3.8) is 0 Å². The molecule has 0 bridgehead atoms. The lowest BCUT2D eigenvalue weighted by Gasteiger charge is -2.32. The van der Waals surface area contributed by atoms with Gasteiger partial charge in [-0.1, -0.05) is 12.1 Å². The first-order valence-electron chi connectivity index (χ1n) is 6.18. The molecule has 0 aromatic heterocycles. The van der Waals surface area contributed by atoms with Crippen molar-refractivity contribution in [2.24, 2.45) is 0 Å². The lowest BCUT2D eigenvalue weighted by molar-refractivity contribution is 0.0143. The highest BCUT2D eigenvalue weighted by Gasteiger charge is 2.32. The fraction of sp³-hybridized carbons (Fsp3) is 0.500. The van der Waals surface area contributed by atoms with Crippen LogP contribution in [0.5, 0.6) is 0 Å². The van der Waals surface area contributed by atoms with E-state index in [4.69, 9.17) is 0 Å². The molecule has 2 rings (SSSR count). The molecule has 2 unspecified atom stereocenters. The van der Waals surface area contributed by atoms with E-state index in [1.165, 1.54) is 7.11 Å². The topological polar surface area (TPSA) is 66.8 Å². The number of hydrogen-bond donors (Lipinski definition) is 2. The Balaban J connectivity index is 2.29. The number of aliphatic hydroxyl groups is 2. The summed E-state index contributed by atoms with van der Waals surface area (Å²) in [6.45, 7) is 0. The Morgan fingerprint density at radius 1 is 1.28 bits per heavy atom. The lowest BCUT2D eigenvalue weighted by Crippen LogP contribution is -2.34. The highest BCUT2D eigenvalue weighted by molar-refractivity contribution is 5.89. The second-order valence-corrected chi connectivity index (χ2v) is 4.71. The number of carbonyl (C=O) groups is 1. The maximum absolute atomic E-state index is 11.5. The average Bonchev–Trinajstić information content (AvgIpc) is 2.38. The van der Waals surface area contributed by atoms with Gasteiger partial charge in [0.05, 0.1) is 24.9 Å². The Morgan fingerprint density at radius 3 is 2.56 bits per heavy atom. The standard InChI is InChI=1S/C14H18O4/c1-18-14(17)10-5-2-4-9(8-10)13-11(15)6-3-7-12(13)16/h2,4-5,8,11-13,15-16H,3,6-7H2,1H3. The quantitative estimate of drug-likeness (QED) is 0.780. The molecule has 2 N–H and O–H groups in total. The number of aliphatic hydroxyl groups excluding tert-OH is 2. The number of benzene rings is 1. The van der Waals surface area contributed by atoms with Crippen LogP contribution in [0.2, 0.25) is 0 Å². The Labute approximate surface area is 106 Å². The van der Waals surface area contributed by atoms with Gasteiger partial charge in [-0.2, -0.15) is 0 Å². The first-order valence-corrected chi connectivity index (χ1v) is 6.18. The van der Waals surface area contributed by atoms with E-state index < -0.39 is 18.2 Å². The number of esters is 1. The minimum atomic E-state index is -0.554. The van der Waals surface area contributed by atoms with Gasteiger partial charge in [0.2, 0.25) is 0 Å². The zero-order valence-corrected chi connectivity index (χ0v) is 10.4. The van der Waals surface area contributed by atoms with Crippen molar-refractivity contribution in [1.82, 2.24) is 0 Å². The number of methoxy groups -OCH3 is 1. The monoisotopic (exact) mass is 250 g/mol. The van der Waals surface area contributed by atoms with Gasteiger partial charge in [0.25, 0.3) is 0 Å². The predicted molar refractivity (Wildman–Crippen MR) is 66.4 cm³/mol. The summed E-state index contributed by atoms with van der Waals surface area (Å²) in [5.41, 5.74) is 1.23. The van der Waals surface area contributed by atoms with Gasteiger partial charge >= 0.3 is 5.97 Å². The Kier molecular flexibility index (Phi) is 3.99. The summed E-state index contributed by atoms with van der Waals surface area (Å²) in [5, 5.41) is 20.0. The minimum absolute atomic E-state index is 0.316. The normalized spacial score (nSPS) is 27.8. The lowest BCUT2D eigenvalue weighted by atomic mass is 9.79. The van der Waals surface area contributed by atoms with E-state index in [0.29, 0.717) is 18.4 Å². The fourth-order valence-electron chi connectivity index (χ4n) is 2.59. The third-order valence-electron chi connectivity index (χ3n) is 3.52. The van der Waals surface area contributed by atoms with E-state index in [1.807, 2.05) is 6.07 Å². The third kappa shape index (κ3) is 2.54. The van der Waals surface area contributed by atoms with Crippen LogP contribution in [0.1, 0.15) is 41.1 Å². The number of hydrogen-bond acceptors (Lipinski definition) is 4. The smallest absolute Gasteiger partial charge is 0.337 e.